The molecule has 0 aliphatic carbocycles. The molecule has 0 amide bonds. The van der Waals surface area contributed by atoms with E-state index in [1.54, 1.807) is 0 Å². The van der Waals surface area contributed by atoms with Crippen LogP contribution in [0.2, 0.25) is 0 Å². The fourth-order valence-corrected chi connectivity index (χ4v) is 11.6. The van der Waals surface area contributed by atoms with Gasteiger partial charge in [0.1, 0.15) is 28.5 Å². The Balaban J connectivity index is 0.00000577. The molecule has 390 valence electrons. The molecule has 11 heteroatoms. The zero-order chi connectivity index (χ0) is 52.9. The van der Waals surface area contributed by atoms with Crippen LogP contribution in [0, 0.1) is 25.7 Å². The zero-order valence-corrected chi connectivity index (χ0v) is 46.3. The van der Waals surface area contributed by atoms with Crippen LogP contribution < -0.4 is 40.8 Å². The number of benzene rings is 9. The minimum Gasteiger partial charge on any atom is -0.515 e. The summed E-state index contributed by atoms with van der Waals surface area (Å²) in [5.41, 5.74) is 14.9. The van der Waals surface area contributed by atoms with Crippen LogP contribution in [0.15, 0.2) is 215 Å². The molecule has 0 saturated heterocycles. The molecule has 0 radical (unpaired) electrons. The predicted molar refractivity (Wildman–Crippen MR) is 317 cm³/mol. The Kier molecular flexibility index (Phi) is 11.8. The molecule has 9 aromatic carbocycles. The number of nitrogens with zero attached hydrogens (tertiary/aromatic N) is 3. The summed E-state index contributed by atoms with van der Waals surface area (Å²) in [6.45, 7) is 10.5. The van der Waals surface area contributed by atoms with Crippen molar-refractivity contribution in [2.75, 3.05) is 10.2 Å². The summed E-state index contributed by atoms with van der Waals surface area (Å²) in [5.74, 6) is 4.13. The van der Waals surface area contributed by atoms with E-state index in [0.29, 0.717) is 34.9 Å². The van der Waals surface area contributed by atoms with Crippen LogP contribution in [0.5, 0.6) is 34.9 Å². The Morgan fingerprint density at radius 1 is 0.588 bits per heavy atom. The van der Waals surface area contributed by atoms with Gasteiger partial charge in [-0.05, 0) is 88.5 Å². The second-order valence-corrected chi connectivity index (χ2v) is 21.2. The molecule has 6 heterocycles. The van der Waals surface area contributed by atoms with Crippen LogP contribution in [0.3, 0.4) is 0 Å². The van der Waals surface area contributed by atoms with Crippen LogP contribution in [0.1, 0.15) is 31.9 Å². The van der Waals surface area contributed by atoms with E-state index < -0.39 is 0 Å². The molecule has 2 aliphatic rings. The molecule has 0 fully saturated rings. The first-order valence-electron chi connectivity index (χ1n) is 26.5. The van der Waals surface area contributed by atoms with Crippen molar-refractivity contribution in [3.05, 3.63) is 236 Å². The fraction of sp³-hybridized carbons (Fsp3) is 0.0725. The van der Waals surface area contributed by atoms with E-state index in [2.05, 4.69) is 188 Å². The molecule has 80 heavy (non-hydrogen) atoms. The summed E-state index contributed by atoms with van der Waals surface area (Å²) in [4.78, 5) is 7.00. The molecule has 13 aromatic rings. The predicted octanol–water partition coefficient (Wildman–Crippen LogP) is 16.1. The molecule has 15 rings (SSSR count). The normalized spacial score (nSPS) is 12.4. The maximum Gasteiger partial charge on any atom is 0.285 e. The Labute approximate surface area is 477 Å². The van der Waals surface area contributed by atoms with Gasteiger partial charge in [-0.3, -0.25) is 0 Å². The zero-order valence-electron chi connectivity index (χ0n) is 44.0. The third kappa shape index (κ3) is 8.16. The first-order chi connectivity index (χ1) is 38.7. The van der Waals surface area contributed by atoms with E-state index >= 15 is 0 Å². The van der Waals surface area contributed by atoms with Crippen LogP contribution in [-0.2, 0) is 26.5 Å². The summed E-state index contributed by atoms with van der Waals surface area (Å²) in [6, 6.07) is 75.5. The van der Waals surface area contributed by atoms with E-state index in [0.717, 1.165) is 111 Å². The van der Waals surface area contributed by atoms with Gasteiger partial charge in [-0.2, -0.15) is 18.8 Å². The van der Waals surface area contributed by atoms with Gasteiger partial charge in [0.2, 0.25) is 0 Å². The van der Waals surface area contributed by atoms with Gasteiger partial charge in [0.15, 0.2) is 0 Å². The number of rotatable bonds is 10. The standard InChI is InChI=1S/C69H48BN4O5.Pt/c1-42-18-8-12-28-55(42)73(46-21-16-22-47(39-46)75-48-32-33-52-51-23-9-13-29-56(51)74(57(52)40-48)62-38-45(34-35-71-62)69(2,3)4)41-72-66-49(43-19-6-5-7-20-43)26-17-27-50(66)44-36-60-65-61(37-44)79-68-64(54-25-11-15-31-59(54)77-68)70(65)63-53-24-10-14-30-58(53)76-67(63)78-60;/h5-38,41,72H,1-4H3;/q-3;. The monoisotopic (exact) mass is 1220 g/mol. The number of fused-ring (bicyclic) bond motifs is 11. The number of furan rings is 2. The summed E-state index contributed by atoms with van der Waals surface area (Å²) in [6.07, 6.45) is 1.89. The van der Waals surface area contributed by atoms with Crippen molar-refractivity contribution in [2.45, 2.75) is 33.1 Å². The minimum absolute atomic E-state index is 0. The third-order valence-corrected chi connectivity index (χ3v) is 15.4. The summed E-state index contributed by atoms with van der Waals surface area (Å²) >= 11 is 0. The largest absolute Gasteiger partial charge is 0.515 e. The maximum absolute atomic E-state index is 6.85. The molecule has 4 aromatic heterocycles. The summed E-state index contributed by atoms with van der Waals surface area (Å²) in [7, 11) is 0. The van der Waals surface area contributed by atoms with E-state index in [4.69, 9.17) is 28.0 Å². The second-order valence-electron chi connectivity index (χ2n) is 21.2. The molecule has 9 nitrogen and oxygen atoms in total. The summed E-state index contributed by atoms with van der Waals surface area (Å²) < 4.78 is 35.7. The van der Waals surface area contributed by atoms with Crippen molar-refractivity contribution < 1.29 is 44.1 Å². The molecule has 0 spiro atoms. The number of pyridine rings is 1. The van der Waals surface area contributed by atoms with Crippen LogP contribution in [0.4, 0.5) is 17.1 Å². The molecule has 0 atom stereocenters. The van der Waals surface area contributed by atoms with Crippen molar-refractivity contribution >= 4 is 83.9 Å². The van der Waals surface area contributed by atoms with Crippen molar-refractivity contribution in [3.8, 4) is 63.0 Å². The summed E-state index contributed by atoms with van der Waals surface area (Å²) in [5, 5.41) is 8.01. The Morgan fingerprint density at radius 2 is 1.21 bits per heavy atom. The van der Waals surface area contributed by atoms with Gasteiger partial charge in [0.05, 0.1) is 0 Å². The Morgan fingerprint density at radius 3 is 1.93 bits per heavy atom. The van der Waals surface area contributed by atoms with Crippen LogP contribution >= 0.6 is 0 Å². The number of ether oxygens (including phenoxy) is 3. The molecule has 2 aliphatic heterocycles. The number of aryl methyl sites for hydroxylation is 1. The molecule has 1 N–H and O–H groups in total. The molecule has 0 bridgehead atoms. The minimum atomic E-state index is -0.264. The van der Waals surface area contributed by atoms with Gasteiger partial charge < -0.3 is 37.8 Å². The smallest absolute Gasteiger partial charge is 0.285 e. The second kappa shape index (κ2) is 19.3. The van der Waals surface area contributed by atoms with Crippen molar-refractivity contribution in [1.82, 2.24) is 9.55 Å². The van der Waals surface area contributed by atoms with Gasteiger partial charge in [-0.1, -0.05) is 148 Å². The Bertz CT molecular complexity index is 4470. The van der Waals surface area contributed by atoms with Gasteiger partial charge in [0.25, 0.3) is 18.6 Å². The quantitative estimate of drug-likeness (QED) is 0.107. The average Bonchev–Trinajstić information content (AvgIpc) is 4.21. The fourth-order valence-electron chi connectivity index (χ4n) is 11.6. The van der Waals surface area contributed by atoms with Crippen LogP contribution in [-0.4, -0.2) is 16.3 Å². The SMILES string of the molecule is Cc1ccccc1N([CH-]Nc1c(-c2ccccc2)cccc1-c1cc2c3c(c1)Oc1oc4ccccc4c1B3c1c(oc3ccccc13)O2)c1[c-]c(Oc2[c-]c3c(cc2)c2ccccc2n3-c2cc(C(C)(C)C)ccn2)ccc1.[Pt]. The van der Waals surface area contributed by atoms with Crippen molar-refractivity contribution in [3.63, 3.8) is 0 Å². The van der Waals surface area contributed by atoms with E-state index in [1.807, 2.05) is 79.6 Å². The average molecular weight is 1220 g/mol. The number of hydrogen-bond acceptors (Lipinski definition) is 8. The van der Waals surface area contributed by atoms with Gasteiger partial charge in [-0.15, -0.1) is 41.4 Å². The number of aromatic nitrogens is 2. The van der Waals surface area contributed by atoms with E-state index in [9.17, 15) is 0 Å². The first-order valence-corrected chi connectivity index (χ1v) is 26.5. The number of para-hydroxylation sites is 5. The Hall–Kier alpha value is -9.24. The number of nitrogens with one attached hydrogen (secondary N) is 1. The van der Waals surface area contributed by atoms with Gasteiger partial charge in [0, 0.05) is 93.9 Å². The maximum atomic E-state index is 6.85. The molecule has 0 unspecified atom stereocenters. The number of hydrogen-bond donors (Lipinski definition) is 1. The molecule has 0 saturated carbocycles. The van der Waals surface area contributed by atoms with E-state index in [1.165, 1.54) is 5.56 Å². The number of anilines is 3. The third-order valence-electron chi connectivity index (χ3n) is 15.4. The van der Waals surface area contributed by atoms with Crippen molar-refractivity contribution in [2.24, 2.45) is 0 Å². The van der Waals surface area contributed by atoms with Crippen molar-refractivity contribution in [1.29, 1.82) is 0 Å². The topological polar surface area (TPSA) is 87.1 Å². The van der Waals surface area contributed by atoms with E-state index in [-0.39, 0.29) is 33.2 Å². The van der Waals surface area contributed by atoms with Gasteiger partial charge >= 0.3 is 0 Å². The van der Waals surface area contributed by atoms with Crippen LogP contribution in [0.25, 0.3) is 71.8 Å². The van der Waals surface area contributed by atoms with Gasteiger partial charge in [-0.25, -0.2) is 4.98 Å². The molecular formula is C69H48BN4O5Pt-3. The first kappa shape index (κ1) is 49.1. The molecular weight excluding hydrogens is 1170 g/mol.